The molecule has 0 saturated heterocycles. The highest BCUT2D eigenvalue weighted by atomic mass is 32.1. The Kier molecular flexibility index (Phi) is 6.89. The molecule has 242 valence electrons. The maximum atomic E-state index is 2.53. The van der Waals surface area contributed by atoms with Gasteiger partial charge < -0.3 is 4.90 Å². The van der Waals surface area contributed by atoms with Crippen molar-refractivity contribution in [1.82, 2.24) is 0 Å². The molecule has 0 radical (unpaired) electrons. The van der Waals surface area contributed by atoms with Crippen LogP contribution in [0.5, 0.6) is 0 Å². The first-order chi connectivity index (χ1) is 25.0. The van der Waals surface area contributed by atoms with Gasteiger partial charge in [0.2, 0.25) is 0 Å². The average Bonchev–Trinajstić information content (AvgIpc) is 3.67. The number of nitrogens with zero attached hydrogens (tertiary/aromatic N) is 1. The Morgan fingerprint density at radius 3 is 1.96 bits per heavy atom. The van der Waals surface area contributed by atoms with Crippen LogP contribution in [-0.4, -0.2) is 8.07 Å². The van der Waals surface area contributed by atoms with Crippen molar-refractivity contribution >= 4 is 77.8 Å². The Bertz CT molecular complexity index is 2770. The summed E-state index contributed by atoms with van der Waals surface area (Å²) in [5.74, 6) is 0. The molecule has 0 saturated carbocycles. The third-order valence-electron chi connectivity index (χ3n) is 10.9. The second-order valence-corrected chi connectivity index (χ2v) is 19.6. The Balaban J connectivity index is 1.16. The van der Waals surface area contributed by atoms with Crippen LogP contribution in [0.4, 0.5) is 17.1 Å². The maximum absolute atomic E-state index is 2.53. The van der Waals surface area contributed by atoms with E-state index >= 15 is 0 Å². The van der Waals surface area contributed by atoms with Crippen molar-refractivity contribution in [3.63, 3.8) is 0 Å². The van der Waals surface area contributed by atoms with E-state index in [2.05, 4.69) is 194 Å². The second kappa shape index (κ2) is 11.7. The molecule has 1 aromatic heterocycles. The van der Waals surface area contributed by atoms with E-state index in [1.54, 1.807) is 5.19 Å². The van der Waals surface area contributed by atoms with E-state index in [0.717, 1.165) is 11.4 Å². The Labute approximate surface area is 303 Å². The highest BCUT2D eigenvalue weighted by molar-refractivity contribution is 7.26. The largest absolute Gasteiger partial charge is 0.310 e. The summed E-state index contributed by atoms with van der Waals surface area (Å²) in [5, 5.41) is 8.38. The van der Waals surface area contributed by atoms with Crippen LogP contribution in [0.1, 0.15) is 0 Å². The van der Waals surface area contributed by atoms with Crippen LogP contribution in [0.15, 0.2) is 176 Å². The van der Waals surface area contributed by atoms with E-state index in [4.69, 9.17) is 0 Å². The summed E-state index contributed by atoms with van der Waals surface area (Å²) in [6.07, 6.45) is 0. The van der Waals surface area contributed by atoms with Gasteiger partial charge >= 0.3 is 0 Å². The van der Waals surface area contributed by atoms with Crippen LogP contribution < -0.4 is 15.3 Å². The lowest BCUT2D eigenvalue weighted by atomic mass is 9.97. The molecule has 8 aromatic carbocycles. The summed E-state index contributed by atoms with van der Waals surface area (Å²) in [5.41, 5.74) is 11.3. The standard InChI is InChI=1S/C48H35NSSi/c1-51(2)45-29-28-44-47(41-19-8-9-21-43(41)50-44)48(45)42-27-26-38(31-46(42)51)49(36-24-22-33(23-25-36)32-12-4-3-5-13-32)37-17-10-16-35(30-37)40-20-11-15-34-14-6-7-18-39(34)40/h3-31H,1-2H3. The maximum Gasteiger partial charge on any atom is 0.113 e. The SMILES string of the molecule is C[Si]1(C)c2cc(N(c3ccc(-c4ccccc4)cc3)c3cccc(-c4cccc5ccccc45)c3)ccc2-c2c1ccc1sc3ccccc3c21. The van der Waals surface area contributed by atoms with Gasteiger partial charge in [-0.15, -0.1) is 11.3 Å². The van der Waals surface area contributed by atoms with Crippen molar-refractivity contribution in [3.8, 4) is 33.4 Å². The molecule has 2 heterocycles. The first-order valence-corrected chi connectivity index (χ1v) is 21.5. The minimum atomic E-state index is -2.01. The van der Waals surface area contributed by atoms with Crippen LogP contribution in [0.25, 0.3) is 64.3 Å². The fourth-order valence-corrected chi connectivity index (χ4v) is 12.5. The monoisotopic (exact) mass is 685 g/mol. The van der Waals surface area contributed by atoms with E-state index in [9.17, 15) is 0 Å². The highest BCUT2D eigenvalue weighted by Crippen LogP contribution is 2.44. The van der Waals surface area contributed by atoms with Gasteiger partial charge in [0.1, 0.15) is 8.07 Å². The van der Waals surface area contributed by atoms with Gasteiger partial charge in [-0.25, -0.2) is 0 Å². The number of thiophene rings is 1. The van der Waals surface area contributed by atoms with E-state index in [1.807, 2.05) is 11.3 Å². The van der Waals surface area contributed by atoms with E-state index in [-0.39, 0.29) is 0 Å². The fraction of sp³-hybridized carbons (Fsp3) is 0.0417. The Hall–Kier alpha value is -5.74. The molecule has 0 atom stereocenters. The van der Waals surface area contributed by atoms with E-state index < -0.39 is 8.07 Å². The van der Waals surface area contributed by atoms with Crippen molar-refractivity contribution in [1.29, 1.82) is 0 Å². The van der Waals surface area contributed by atoms with Gasteiger partial charge in [-0.3, -0.25) is 0 Å². The van der Waals surface area contributed by atoms with Gasteiger partial charge in [0.25, 0.3) is 0 Å². The van der Waals surface area contributed by atoms with Crippen LogP contribution >= 0.6 is 11.3 Å². The molecule has 0 amide bonds. The lowest BCUT2D eigenvalue weighted by molar-refractivity contribution is 1.29. The molecule has 0 fully saturated rings. The summed E-state index contributed by atoms with van der Waals surface area (Å²) in [4.78, 5) is 2.45. The molecular weight excluding hydrogens is 651 g/mol. The van der Waals surface area contributed by atoms with Crippen molar-refractivity contribution in [2.45, 2.75) is 13.1 Å². The van der Waals surface area contributed by atoms with Gasteiger partial charge in [-0.05, 0) is 103 Å². The van der Waals surface area contributed by atoms with Crippen molar-refractivity contribution in [2.75, 3.05) is 4.90 Å². The molecule has 0 spiro atoms. The third-order valence-corrected chi connectivity index (χ3v) is 15.5. The molecule has 0 aliphatic carbocycles. The molecule has 1 aliphatic heterocycles. The topological polar surface area (TPSA) is 3.24 Å². The zero-order valence-corrected chi connectivity index (χ0v) is 30.4. The zero-order valence-electron chi connectivity index (χ0n) is 28.6. The van der Waals surface area contributed by atoms with E-state index in [0.29, 0.717) is 0 Å². The number of hydrogen-bond acceptors (Lipinski definition) is 2. The second-order valence-electron chi connectivity index (χ2n) is 14.1. The predicted molar refractivity (Wildman–Crippen MR) is 225 cm³/mol. The summed E-state index contributed by atoms with van der Waals surface area (Å²) >= 11 is 1.91. The predicted octanol–water partition coefficient (Wildman–Crippen LogP) is 12.8. The first kappa shape index (κ1) is 30.1. The van der Waals surface area contributed by atoms with Crippen LogP contribution in [0.2, 0.25) is 13.1 Å². The van der Waals surface area contributed by atoms with Gasteiger partial charge in [0.05, 0.1) is 0 Å². The summed E-state index contributed by atoms with van der Waals surface area (Å²) in [6.45, 7) is 5.06. The molecule has 1 aliphatic rings. The molecule has 51 heavy (non-hydrogen) atoms. The summed E-state index contributed by atoms with van der Waals surface area (Å²) in [7, 11) is -2.01. The minimum Gasteiger partial charge on any atom is -0.310 e. The number of benzene rings is 8. The smallest absolute Gasteiger partial charge is 0.113 e. The first-order valence-electron chi connectivity index (χ1n) is 17.7. The lowest BCUT2D eigenvalue weighted by Crippen LogP contribution is -2.49. The molecule has 0 N–H and O–H groups in total. The molecule has 9 aromatic rings. The van der Waals surface area contributed by atoms with Gasteiger partial charge in [-0.2, -0.15) is 0 Å². The summed E-state index contributed by atoms with van der Waals surface area (Å²) < 4.78 is 2.74. The molecule has 1 nitrogen and oxygen atoms in total. The Morgan fingerprint density at radius 1 is 0.431 bits per heavy atom. The molecule has 0 unspecified atom stereocenters. The van der Waals surface area contributed by atoms with Gasteiger partial charge in [-0.1, -0.05) is 140 Å². The van der Waals surface area contributed by atoms with Crippen molar-refractivity contribution in [3.05, 3.63) is 176 Å². The minimum absolute atomic E-state index is 1.14. The summed E-state index contributed by atoms with van der Waals surface area (Å²) in [6, 6.07) is 65.1. The van der Waals surface area contributed by atoms with Crippen LogP contribution in [-0.2, 0) is 0 Å². The van der Waals surface area contributed by atoms with Crippen LogP contribution in [0.3, 0.4) is 0 Å². The van der Waals surface area contributed by atoms with Crippen molar-refractivity contribution < 1.29 is 0 Å². The fourth-order valence-electron chi connectivity index (χ4n) is 8.34. The Morgan fingerprint density at radius 2 is 1.10 bits per heavy atom. The molecular formula is C48H35NSSi. The normalized spacial score (nSPS) is 13.1. The van der Waals surface area contributed by atoms with Crippen LogP contribution in [0, 0.1) is 0 Å². The lowest BCUT2D eigenvalue weighted by Gasteiger charge is -2.28. The van der Waals surface area contributed by atoms with Crippen molar-refractivity contribution in [2.24, 2.45) is 0 Å². The number of fused-ring (bicyclic) bond motifs is 8. The third kappa shape index (κ3) is 4.80. The molecule has 0 bridgehead atoms. The zero-order chi connectivity index (χ0) is 34.1. The van der Waals surface area contributed by atoms with Gasteiger partial charge in [0.15, 0.2) is 0 Å². The number of anilines is 3. The molecule has 3 heteroatoms. The number of rotatable bonds is 5. The van der Waals surface area contributed by atoms with E-state index in [1.165, 1.54) is 75.2 Å². The average molecular weight is 686 g/mol. The highest BCUT2D eigenvalue weighted by Gasteiger charge is 2.39. The number of hydrogen-bond donors (Lipinski definition) is 0. The molecule has 10 rings (SSSR count). The van der Waals surface area contributed by atoms with Gasteiger partial charge in [0, 0.05) is 37.2 Å². The quantitative estimate of drug-likeness (QED) is 0.163.